The first kappa shape index (κ1) is 15.2. The quantitative estimate of drug-likeness (QED) is 0.854. The molecule has 6 nitrogen and oxygen atoms in total. The zero-order valence-electron chi connectivity index (χ0n) is 11.1. The smallest absolute Gasteiger partial charge is 0.358 e. The van der Waals surface area contributed by atoms with E-state index in [1.165, 1.54) is 4.68 Å². The second kappa shape index (κ2) is 7.01. The first-order chi connectivity index (χ1) is 10.1. The molecule has 1 aromatic carbocycles. The Hall–Kier alpha value is -2.18. The molecule has 0 saturated carbocycles. The standard InChI is InChI=1S/C14H14ClN3O3/c15-11-5-2-10(3-6-11)4-7-12-13(14(20)21)16-17-18(12)8-1-9-19/h2-7,19H,1,8-9H2,(H,20,21)/b7-4+. The molecule has 0 aliphatic carbocycles. The third-order valence-electron chi connectivity index (χ3n) is 2.81. The number of hydrogen-bond donors (Lipinski definition) is 2. The summed E-state index contributed by atoms with van der Waals surface area (Å²) in [4.78, 5) is 11.1. The van der Waals surface area contributed by atoms with Gasteiger partial charge in [-0.15, -0.1) is 5.10 Å². The van der Waals surface area contributed by atoms with Crippen molar-refractivity contribution in [2.45, 2.75) is 13.0 Å². The summed E-state index contributed by atoms with van der Waals surface area (Å²) in [5.41, 5.74) is 1.16. The lowest BCUT2D eigenvalue weighted by atomic mass is 10.2. The Kier molecular flexibility index (Phi) is 5.08. The molecule has 2 rings (SSSR count). The zero-order chi connectivity index (χ0) is 15.2. The van der Waals surface area contributed by atoms with Gasteiger partial charge in [0.15, 0.2) is 5.69 Å². The van der Waals surface area contributed by atoms with E-state index in [2.05, 4.69) is 10.3 Å². The van der Waals surface area contributed by atoms with E-state index in [0.29, 0.717) is 23.7 Å². The van der Waals surface area contributed by atoms with E-state index >= 15 is 0 Å². The van der Waals surface area contributed by atoms with Gasteiger partial charge in [-0.3, -0.25) is 0 Å². The Morgan fingerprint density at radius 1 is 1.29 bits per heavy atom. The molecule has 0 aliphatic heterocycles. The lowest BCUT2D eigenvalue weighted by molar-refractivity contribution is 0.0690. The van der Waals surface area contributed by atoms with E-state index in [1.807, 2.05) is 12.1 Å². The highest BCUT2D eigenvalue weighted by Gasteiger charge is 2.16. The molecule has 0 amide bonds. The van der Waals surface area contributed by atoms with E-state index in [0.717, 1.165) is 5.56 Å². The van der Waals surface area contributed by atoms with Crippen molar-refractivity contribution in [2.24, 2.45) is 0 Å². The van der Waals surface area contributed by atoms with Crippen molar-refractivity contribution < 1.29 is 15.0 Å². The molecule has 7 heteroatoms. The van der Waals surface area contributed by atoms with Gasteiger partial charge >= 0.3 is 5.97 Å². The van der Waals surface area contributed by atoms with Crippen molar-refractivity contribution in [1.82, 2.24) is 15.0 Å². The normalized spacial score (nSPS) is 11.1. The minimum absolute atomic E-state index is 0.00258. The van der Waals surface area contributed by atoms with Gasteiger partial charge in [0.1, 0.15) is 0 Å². The van der Waals surface area contributed by atoms with Crippen LogP contribution in [-0.2, 0) is 6.54 Å². The summed E-state index contributed by atoms with van der Waals surface area (Å²) in [6.45, 7) is 0.402. The molecule has 0 radical (unpaired) electrons. The topological polar surface area (TPSA) is 88.2 Å². The van der Waals surface area contributed by atoms with Crippen LogP contribution in [0.4, 0.5) is 0 Å². The number of aliphatic hydroxyl groups is 1. The predicted octanol–water partition coefficient (Wildman–Crippen LogP) is 2.18. The number of benzene rings is 1. The predicted molar refractivity (Wildman–Crippen MR) is 79.1 cm³/mol. The minimum atomic E-state index is -1.14. The maximum absolute atomic E-state index is 11.1. The summed E-state index contributed by atoms with van der Waals surface area (Å²) < 4.78 is 1.46. The number of carboxylic acids is 1. The minimum Gasteiger partial charge on any atom is -0.476 e. The Bertz CT molecular complexity index is 650. The van der Waals surface area contributed by atoms with Crippen LogP contribution in [0.15, 0.2) is 24.3 Å². The van der Waals surface area contributed by atoms with E-state index in [9.17, 15) is 4.79 Å². The van der Waals surface area contributed by atoms with Crippen LogP contribution >= 0.6 is 11.6 Å². The summed E-state index contributed by atoms with van der Waals surface area (Å²) in [7, 11) is 0. The Labute approximate surface area is 126 Å². The van der Waals surface area contributed by atoms with Crippen molar-refractivity contribution in [1.29, 1.82) is 0 Å². The van der Waals surface area contributed by atoms with Crippen LogP contribution in [0, 0.1) is 0 Å². The van der Waals surface area contributed by atoms with Gasteiger partial charge in [-0.1, -0.05) is 35.0 Å². The number of aryl methyl sites for hydroxylation is 1. The number of carboxylic acid groups (broad SMARTS) is 1. The molecular weight excluding hydrogens is 294 g/mol. The summed E-state index contributed by atoms with van der Waals surface area (Å²) >= 11 is 5.81. The van der Waals surface area contributed by atoms with Gasteiger partial charge in [0.05, 0.1) is 5.69 Å². The van der Waals surface area contributed by atoms with Gasteiger partial charge in [-0.25, -0.2) is 9.48 Å². The summed E-state index contributed by atoms with van der Waals surface area (Å²) in [5, 5.41) is 26.1. The van der Waals surface area contributed by atoms with Crippen LogP contribution in [0.25, 0.3) is 12.2 Å². The highest BCUT2D eigenvalue weighted by Crippen LogP contribution is 2.14. The van der Waals surface area contributed by atoms with Gasteiger partial charge in [-0.2, -0.15) is 0 Å². The van der Waals surface area contributed by atoms with Crippen molar-refractivity contribution in [3.8, 4) is 0 Å². The lowest BCUT2D eigenvalue weighted by Gasteiger charge is -2.02. The van der Waals surface area contributed by atoms with E-state index in [1.54, 1.807) is 24.3 Å². The van der Waals surface area contributed by atoms with Crippen molar-refractivity contribution >= 4 is 29.7 Å². The first-order valence-electron chi connectivity index (χ1n) is 6.33. The van der Waals surface area contributed by atoms with Crippen molar-refractivity contribution in [3.63, 3.8) is 0 Å². The molecule has 2 aromatic rings. The van der Waals surface area contributed by atoms with Crippen LogP contribution in [0.2, 0.25) is 5.02 Å². The molecule has 2 N–H and O–H groups in total. The number of aliphatic hydroxyl groups excluding tert-OH is 1. The Morgan fingerprint density at radius 3 is 2.62 bits per heavy atom. The third kappa shape index (κ3) is 3.90. The molecule has 0 aliphatic rings. The molecular formula is C14H14ClN3O3. The third-order valence-corrected chi connectivity index (χ3v) is 3.06. The molecule has 0 atom stereocenters. The van der Waals surface area contributed by atoms with E-state index in [-0.39, 0.29) is 12.3 Å². The fraction of sp³-hybridized carbons (Fsp3) is 0.214. The van der Waals surface area contributed by atoms with Gasteiger partial charge < -0.3 is 10.2 Å². The van der Waals surface area contributed by atoms with Crippen molar-refractivity contribution in [2.75, 3.05) is 6.61 Å². The number of halogens is 1. The fourth-order valence-corrected chi connectivity index (χ4v) is 1.90. The van der Waals surface area contributed by atoms with Crippen LogP contribution < -0.4 is 0 Å². The summed E-state index contributed by atoms with van der Waals surface area (Å²) in [6.07, 6.45) is 3.88. The monoisotopic (exact) mass is 307 g/mol. The second-order valence-corrected chi connectivity index (χ2v) is 4.75. The molecule has 1 aromatic heterocycles. The SMILES string of the molecule is O=C(O)c1nnn(CCCO)c1/C=C/c1ccc(Cl)cc1. The number of rotatable bonds is 6. The first-order valence-corrected chi connectivity index (χ1v) is 6.71. The molecule has 0 saturated heterocycles. The van der Waals surface area contributed by atoms with E-state index in [4.69, 9.17) is 21.8 Å². The van der Waals surface area contributed by atoms with Crippen LogP contribution in [-0.4, -0.2) is 37.8 Å². The molecule has 0 bridgehead atoms. The van der Waals surface area contributed by atoms with Crippen LogP contribution in [0.3, 0.4) is 0 Å². The van der Waals surface area contributed by atoms with Crippen molar-refractivity contribution in [3.05, 3.63) is 46.2 Å². The average Bonchev–Trinajstić information content (AvgIpc) is 2.87. The number of aromatic nitrogens is 3. The highest BCUT2D eigenvalue weighted by molar-refractivity contribution is 6.30. The van der Waals surface area contributed by atoms with Gasteiger partial charge in [0.2, 0.25) is 0 Å². The van der Waals surface area contributed by atoms with Crippen LogP contribution in [0.5, 0.6) is 0 Å². The number of nitrogens with zero attached hydrogens (tertiary/aromatic N) is 3. The Balaban J connectivity index is 2.29. The number of aromatic carboxylic acids is 1. The molecule has 21 heavy (non-hydrogen) atoms. The number of carbonyl (C=O) groups is 1. The fourth-order valence-electron chi connectivity index (χ4n) is 1.77. The average molecular weight is 308 g/mol. The Morgan fingerprint density at radius 2 is 2.00 bits per heavy atom. The highest BCUT2D eigenvalue weighted by atomic mass is 35.5. The van der Waals surface area contributed by atoms with Gasteiger partial charge in [0.25, 0.3) is 0 Å². The molecule has 0 fully saturated rings. The number of hydrogen-bond acceptors (Lipinski definition) is 4. The largest absolute Gasteiger partial charge is 0.476 e. The maximum Gasteiger partial charge on any atom is 0.358 e. The lowest BCUT2D eigenvalue weighted by Crippen LogP contribution is -2.06. The van der Waals surface area contributed by atoms with E-state index < -0.39 is 5.97 Å². The zero-order valence-corrected chi connectivity index (χ0v) is 11.9. The van der Waals surface area contributed by atoms with Gasteiger partial charge in [-0.05, 0) is 30.2 Å². The summed E-state index contributed by atoms with van der Waals surface area (Å²) in [5.74, 6) is -1.14. The summed E-state index contributed by atoms with van der Waals surface area (Å²) in [6, 6.07) is 7.14. The maximum atomic E-state index is 11.1. The van der Waals surface area contributed by atoms with Gasteiger partial charge in [0, 0.05) is 18.2 Å². The molecule has 0 spiro atoms. The van der Waals surface area contributed by atoms with Crippen LogP contribution in [0.1, 0.15) is 28.2 Å². The second-order valence-electron chi connectivity index (χ2n) is 4.31. The molecule has 110 valence electrons. The molecule has 0 unspecified atom stereocenters. The molecule has 1 heterocycles.